The average molecular weight is 216 g/mol. The van der Waals surface area contributed by atoms with E-state index in [4.69, 9.17) is 5.73 Å². The number of aromatic nitrogens is 3. The van der Waals surface area contributed by atoms with E-state index in [0.29, 0.717) is 17.2 Å². The quantitative estimate of drug-likeness (QED) is 0.769. The molecule has 2 aromatic rings. The summed E-state index contributed by atoms with van der Waals surface area (Å²) in [4.78, 5) is 22.5. The molecule has 0 atom stereocenters. The minimum absolute atomic E-state index is 0.212. The molecule has 0 aliphatic heterocycles. The minimum atomic E-state index is -0.212. The summed E-state index contributed by atoms with van der Waals surface area (Å²) in [6.45, 7) is 2.15. The van der Waals surface area contributed by atoms with Gasteiger partial charge in [-0.15, -0.1) is 0 Å². The number of H-pyrrole nitrogens is 1. The smallest absolute Gasteiger partial charge is 0.251 e. The van der Waals surface area contributed by atoms with Crippen LogP contribution in [0.5, 0.6) is 0 Å². The van der Waals surface area contributed by atoms with E-state index in [1.165, 1.54) is 6.07 Å². The van der Waals surface area contributed by atoms with Crippen molar-refractivity contribution in [2.45, 2.75) is 13.5 Å². The van der Waals surface area contributed by atoms with Crippen LogP contribution in [0.4, 0.5) is 0 Å². The summed E-state index contributed by atoms with van der Waals surface area (Å²) < 4.78 is 0. The van der Waals surface area contributed by atoms with Crippen molar-refractivity contribution < 1.29 is 0 Å². The highest BCUT2D eigenvalue weighted by Crippen LogP contribution is 2.14. The Labute approximate surface area is 92.4 Å². The first-order chi connectivity index (χ1) is 7.70. The normalized spacial score (nSPS) is 10.4. The second-order valence-electron chi connectivity index (χ2n) is 3.46. The Morgan fingerprint density at radius 3 is 3.00 bits per heavy atom. The van der Waals surface area contributed by atoms with Crippen LogP contribution in [0, 0.1) is 6.92 Å². The molecule has 0 aliphatic carbocycles. The molecule has 82 valence electrons. The molecule has 0 saturated carbocycles. The first kappa shape index (κ1) is 10.5. The summed E-state index contributed by atoms with van der Waals surface area (Å²) in [5.74, 6) is 0.464. The van der Waals surface area contributed by atoms with Gasteiger partial charge < -0.3 is 10.7 Å². The summed E-state index contributed by atoms with van der Waals surface area (Å²) >= 11 is 0. The lowest BCUT2D eigenvalue weighted by molar-refractivity contribution is 0.949. The van der Waals surface area contributed by atoms with Gasteiger partial charge in [0.05, 0.1) is 5.69 Å². The van der Waals surface area contributed by atoms with Gasteiger partial charge >= 0.3 is 0 Å². The first-order valence-electron chi connectivity index (χ1n) is 4.93. The topological polar surface area (TPSA) is 84.7 Å². The van der Waals surface area contributed by atoms with Crippen molar-refractivity contribution in [3.05, 3.63) is 46.0 Å². The molecule has 0 fully saturated rings. The van der Waals surface area contributed by atoms with Gasteiger partial charge in [-0.1, -0.05) is 6.07 Å². The van der Waals surface area contributed by atoms with Gasteiger partial charge in [-0.3, -0.25) is 9.78 Å². The Bertz CT molecular complexity index is 562. The molecule has 5 nitrogen and oxygen atoms in total. The van der Waals surface area contributed by atoms with Crippen LogP contribution in [0.25, 0.3) is 11.5 Å². The van der Waals surface area contributed by atoms with E-state index >= 15 is 0 Å². The monoisotopic (exact) mass is 216 g/mol. The number of nitrogens with one attached hydrogen (secondary N) is 1. The lowest BCUT2D eigenvalue weighted by atomic mass is 10.2. The van der Waals surface area contributed by atoms with Gasteiger partial charge in [-0.25, -0.2) is 4.98 Å². The van der Waals surface area contributed by atoms with Gasteiger partial charge in [-0.05, 0) is 18.6 Å². The molecule has 16 heavy (non-hydrogen) atoms. The highest BCUT2D eigenvalue weighted by molar-refractivity contribution is 5.53. The first-order valence-corrected chi connectivity index (χ1v) is 4.93. The number of aryl methyl sites for hydroxylation is 1. The van der Waals surface area contributed by atoms with E-state index in [-0.39, 0.29) is 12.1 Å². The summed E-state index contributed by atoms with van der Waals surface area (Å²) in [5.41, 5.74) is 7.45. The molecular formula is C11H12N4O. The molecule has 0 amide bonds. The number of nitrogens with zero attached hydrogens (tertiary/aromatic N) is 2. The van der Waals surface area contributed by atoms with Crippen LogP contribution in [-0.4, -0.2) is 15.0 Å². The molecule has 0 spiro atoms. The van der Waals surface area contributed by atoms with Gasteiger partial charge in [0.1, 0.15) is 5.69 Å². The van der Waals surface area contributed by atoms with Crippen LogP contribution in [0.1, 0.15) is 11.3 Å². The molecule has 2 aromatic heterocycles. The third kappa shape index (κ3) is 1.99. The highest BCUT2D eigenvalue weighted by atomic mass is 16.1. The predicted molar refractivity (Wildman–Crippen MR) is 60.7 cm³/mol. The van der Waals surface area contributed by atoms with E-state index in [1.807, 2.05) is 19.1 Å². The highest BCUT2D eigenvalue weighted by Gasteiger charge is 2.06. The van der Waals surface area contributed by atoms with Crippen molar-refractivity contribution in [1.29, 1.82) is 0 Å². The zero-order chi connectivity index (χ0) is 11.5. The molecule has 0 radical (unpaired) electrons. The molecule has 3 N–H and O–H groups in total. The SMILES string of the molecule is Cc1cccnc1-c1nc(CN)cc(=O)[nH]1. The van der Waals surface area contributed by atoms with Crippen molar-refractivity contribution in [3.8, 4) is 11.5 Å². The number of aromatic amines is 1. The van der Waals surface area contributed by atoms with Crippen molar-refractivity contribution in [2.24, 2.45) is 5.73 Å². The number of hydrogen-bond acceptors (Lipinski definition) is 4. The maximum absolute atomic E-state index is 11.4. The Hall–Kier alpha value is -2.01. The number of pyridine rings is 1. The van der Waals surface area contributed by atoms with Crippen molar-refractivity contribution in [3.63, 3.8) is 0 Å². The summed E-state index contributed by atoms with van der Waals surface area (Å²) in [6.07, 6.45) is 1.66. The molecule has 0 aromatic carbocycles. The van der Waals surface area contributed by atoms with Gasteiger partial charge in [0, 0.05) is 18.8 Å². The fourth-order valence-corrected chi connectivity index (χ4v) is 1.46. The average Bonchev–Trinajstić information content (AvgIpc) is 2.28. The largest absolute Gasteiger partial charge is 0.325 e. The Morgan fingerprint density at radius 2 is 2.31 bits per heavy atom. The van der Waals surface area contributed by atoms with Crippen LogP contribution in [0.2, 0.25) is 0 Å². The molecule has 2 heterocycles. The van der Waals surface area contributed by atoms with Crippen molar-refractivity contribution >= 4 is 0 Å². The number of nitrogens with two attached hydrogens (primary N) is 1. The van der Waals surface area contributed by atoms with E-state index in [0.717, 1.165) is 5.56 Å². The Kier molecular flexibility index (Phi) is 2.78. The van der Waals surface area contributed by atoms with Gasteiger partial charge in [0.25, 0.3) is 5.56 Å². The molecular weight excluding hydrogens is 204 g/mol. The second-order valence-corrected chi connectivity index (χ2v) is 3.46. The Morgan fingerprint density at radius 1 is 1.50 bits per heavy atom. The van der Waals surface area contributed by atoms with Crippen molar-refractivity contribution in [2.75, 3.05) is 0 Å². The predicted octanol–water partition coefficient (Wildman–Crippen LogP) is 0.599. The summed E-state index contributed by atoms with van der Waals surface area (Å²) in [7, 11) is 0. The Balaban J connectivity index is 2.60. The maximum Gasteiger partial charge on any atom is 0.251 e. The third-order valence-electron chi connectivity index (χ3n) is 2.24. The molecule has 0 saturated heterocycles. The molecule has 0 bridgehead atoms. The van der Waals surface area contributed by atoms with Gasteiger partial charge in [-0.2, -0.15) is 0 Å². The zero-order valence-corrected chi connectivity index (χ0v) is 8.90. The maximum atomic E-state index is 11.4. The zero-order valence-electron chi connectivity index (χ0n) is 8.90. The molecule has 0 unspecified atom stereocenters. The number of hydrogen-bond donors (Lipinski definition) is 2. The standard InChI is InChI=1S/C11H12N4O/c1-7-3-2-4-13-10(7)11-14-8(6-12)5-9(16)15-11/h2-5H,6,12H2,1H3,(H,14,15,16). The lowest BCUT2D eigenvalue weighted by Gasteiger charge is -2.04. The van der Waals surface area contributed by atoms with E-state index in [2.05, 4.69) is 15.0 Å². The lowest BCUT2D eigenvalue weighted by Crippen LogP contribution is -2.13. The van der Waals surface area contributed by atoms with Gasteiger partial charge in [0.2, 0.25) is 0 Å². The van der Waals surface area contributed by atoms with Gasteiger partial charge in [0.15, 0.2) is 5.82 Å². The number of rotatable bonds is 2. The fraction of sp³-hybridized carbons (Fsp3) is 0.182. The molecule has 0 aliphatic rings. The fourth-order valence-electron chi connectivity index (χ4n) is 1.46. The van der Waals surface area contributed by atoms with Crippen LogP contribution >= 0.6 is 0 Å². The summed E-state index contributed by atoms with van der Waals surface area (Å²) in [5, 5.41) is 0. The van der Waals surface area contributed by atoms with Crippen LogP contribution < -0.4 is 11.3 Å². The van der Waals surface area contributed by atoms with Crippen LogP contribution in [0.15, 0.2) is 29.2 Å². The third-order valence-corrected chi connectivity index (χ3v) is 2.24. The van der Waals surface area contributed by atoms with Crippen LogP contribution in [-0.2, 0) is 6.54 Å². The van der Waals surface area contributed by atoms with E-state index in [9.17, 15) is 4.79 Å². The van der Waals surface area contributed by atoms with E-state index in [1.54, 1.807) is 6.20 Å². The van der Waals surface area contributed by atoms with Crippen molar-refractivity contribution in [1.82, 2.24) is 15.0 Å². The molecule has 5 heteroatoms. The second kappa shape index (κ2) is 4.24. The minimum Gasteiger partial charge on any atom is -0.325 e. The summed E-state index contributed by atoms with van der Waals surface area (Å²) in [6, 6.07) is 5.14. The molecule has 2 rings (SSSR count). The van der Waals surface area contributed by atoms with E-state index < -0.39 is 0 Å². The van der Waals surface area contributed by atoms with Crippen LogP contribution in [0.3, 0.4) is 0 Å².